The van der Waals surface area contributed by atoms with Crippen molar-refractivity contribution >= 4 is 6.03 Å². The van der Waals surface area contributed by atoms with Crippen LogP contribution in [0.25, 0.3) is 0 Å². The molecule has 2 unspecified atom stereocenters. The highest BCUT2D eigenvalue weighted by atomic mass is 16.5. The number of nitrogens with one attached hydrogen (secondary N) is 2. The van der Waals surface area contributed by atoms with Crippen LogP contribution in [-0.4, -0.2) is 45.7 Å². The number of piperidine rings is 2. The van der Waals surface area contributed by atoms with Crippen LogP contribution in [0.15, 0.2) is 36.7 Å². The van der Waals surface area contributed by atoms with Crippen molar-refractivity contribution < 1.29 is 10.0 Å². The summed E-state index contributed by atoms with van der Waals surface area (Å²) in [6.45, 7) is 7.88. The Bertz CT molecular complexity index is 818. The largest absolute Gasteiger partial charge is 0.350 e. The molecule has 0 aliphatic carbocycles. The first-order valence-corrected chi connectivity index (χ1v) is 11.5. The van der Waals surface area contributed by atoms with Crippen LogP contribution >= 0.6 is 0 Å². The van der Waals surface area contributed by atoms with E-state index in [1.807, 2.05) is 12.4 Å². The van der Waals surface area contributed by atoms with E-state index in [1.165, 1.54) is 60.1 Å². The van der Waals surface area contributed by atoms with Gasteiger partial charge in [-0.3, -0.25) is 20.1 Å². The van der Waals surface area contributed by atoms with E-state index in [2.05, 4.69) is 54.1 Å². The third kappa shape index (κ3) is 6.25. The van der Waals surface area contributed by atoms with E-state index in [1.54, 1.807) is 0 Å². The predicted molar refractivity (Wildman–Crippen MR) is 124 cm³/mol. The van der Waals surface area contributed by atoms with Crippen LogP contribution in [0, 0.1) is 19.8 Å². The summed E-state index contributed by atoms with van der Waals surface area (Å²) in [5, 5.41) is 10.9. The Kier molecular flexibility index (Phi) is 8.96. The molecule has 32 heavy (non-hydrogen) atoms. The first-order valence-electron chi connectivity index (χ1n) is 11.5. The highest BCUT2D eigenvalue weighted by Crippen LogP contribution is 2.42. The van der Waals surface area contributed by atoms with Gasteiger partial charge in [-0.05, 0) is 88.2 Å². The third-order valence-corrected chi connectivity index (χ3v) is 6.52. The Balaban J connectivity index is 0.000000523. The number of nitrogens with zero attached hydrogens (tertiary/aromatic N) is 3. The number of hydrogen-bond donors (Lipinski definition) is 4. The maximum Gasteiger partial charge on any atom is 0.335 e. The maximum atomic E-state index is 9.23. The topological polar surface area (TPSA) is 116 Å². The lowest BCUT2D eigenvalue weighted by Gasteiger charge is -2.44. The minimum Gasteiger partial charge on any atom is -0.350 e. The Hall–Kier alpha value is -2.55. The number of nitrogens with two attached hydrogens (primary N) is 1. The molecule has 0 bridgehead atoms. The van der Waals surface area contributed by atoms with Crippen LogP contribution in [0.2, 0.25) is 0 Å². The van der Waals surface area contributed by atoms with Crippen LogP contribution in [0.1, 0.15) is 66.7 Å². The summed E-state index contributed by atoms with van der Waals surface area (Å²) in [4.78, 5) is 21.6. The number of urea groups is 1. The maximum absolute atomic E-state index is 9.23. The number of rotatable bonds is 4. The Labute approximate surface area is 190 Å². The van der Waals surface area contributed by atoms with E-state index in [-0.39, 0.29) is 0 Å². The lowest BCUT2D eigenvalue weighted by Crippen LogP contribution is -2.43. The Morgan fingerprint density at radius 3 is 2.00 bits per heavy atom. The molecule has 0 radical (unpaired) electrons. The van der Waals surface area contributed by atoms with Gasteiger partial charge in [0.15, 0.2) is 0 Å². The number of hydrogen-bond acceptors (Lipinski definition) is 6. The van der Waals surface area contributed by atoms with Crippen LogP contribution in [-0.2, 0) is 0 Å². The molecule has 0 saturated carbocycles. The van der Waals surface area contributed by atoms with E-state index in [0.29, 0.717) is 12.1 Å². The summed E-state index contributed by atoms with van der Waals surface area (Å²) in [5.74, 6) is 0.766. The zero-order valence-electron chi connectivity index (χ0n) is 19.1. The van der Waals surface area contributed by atoms with Gasteiger partial charge in [0.2, 0.25) is 0 Å². The lowest BCUT2D eigenvalue weighted by molar-refractivity contribution is 0.0528. The molecule has 4 rings (SSSR count). The molecule has 2 aromatic heterocycles. The van der Waals surface area contributed by atoms with E-state index in [0.717, 1.165) is 25.6 Å². The van der Waals surface area contributed by atoms with Crippen LogP contribution in [0.3, 0.4) is 0 Å². The van der Waals surface area contributed by atoms with Crippen LogP contribution < -0.4 is 16.5 Å². The molecule has 2 saturated heterocycles. The molecule has 2 atom stereocenters. The van der Waals surface area contributed by atoms with E-state index in [4.69, 9.17) is 15.2 Å². The van der Waals surface area contributed by atoms with Crippen molar-refractivity contribution in [2.24, 2.45) is 11.7 Å². The summed E-state index contributed by atoms with van der Waals surface area (Å²) in [7, 11) is 0. The molecule has 8 nitrogen and oxygen atoms in total. The zero-order valence-corrected chi connectivity index (χ0v) is 19.1. The number of carbonyl (C=O) groups excluding carboxylic acids is 1. The monoisotopic (exact) mass is 440 g/mol. The minimum absolute atomic E-state index is 0.404. The van der Waals surface area contributed by atoms with Gasteiger partial charge in [-0.2, -0.15) is 0 Å². The van der Waals surface area contributed by atoms with Gasteiger partial charge in [0.25, 0.3) is 0 Å². The molecule has 0 aromatic carbocycles. The van der Waals surface area contributed by atoms with Gasteiger partial charge in [0.1, 0.15) is 0 Å². The van der Waals surface area contributed by atoms with E-state index < -0.39 is 6.03 Å². The summed E-state index contributed by atoms with van der Waals surface area (Å²) >= 11 is 0. The molecule has 2 amide bonds. The molecule has 174 valence electrons. The summed E-state index contributed by atoms with van der Waals surface area (Å²) < 4.78 is 0. The first kappa shape index (κ1) is 24.1. The molecule has 2 aliphatic rings. The van der Waals surface area contributed by atoms with Crippen molar-refractivity contribution in [1.82, 2.24) is 25.7 Å². The highest BCUT2D eigenvalue weighted by Gasteiger charge is 2.36. The van der Waals surface area contributed by atoms with Crippen molar-refractivity contribution in [1.29, 1.82) is 0 Å². The second-order valence-corrected chi connectivity index (χ2v) is 8.74. The number of likely N-dealkylation sites (tertiary alicyclic amines) is 1. The average Bonchev–Trinajstić information content (AvgIpc) is 2.81. The Morgan fingerprint density at radius 1 is 1.06 bits per heavy atom. The van der Waals surface area contributed by atoms with Crippen molar-refractivity contribution in [2.75, 3.05) is 19.6 Å². The van der Waals surface area contributed by atoms with E-state index >= 15 is 0 Å². The average molecular weight is 441 g/mol. The van der Waals surface area contributed by atoms with Gasteiger partial charge >= 0.3 is 6.03 Å². The predicted octanol–water partition coefficient (Wildman–Crippen LogP) is 3.41. The van der Waals surface area contributed by atoms with Gasteiger partial charge in [0, 0.05) is 18.9 Å². The van der Waals surface area contributed by atoms with Gasteiger partial charge in [-0.1, -0.05) is 12.1 Å². The van der Waals surface area contributed by atoms with Crippen molar-refractivity contribution in [2.45, 2.75) is 58.0 Å². The summed E-state index contributed by atoms with van der Waals surface area (Å²) in [5.41, 5.74) is 10.6. The van der Waals surface area contributed by atoms with E-state index in [9.17, 15) is 4.79 Å². The molecule has 4 heterocycles. The number of aromatic nitrogens is 2. The SMILES string of the molecule is Cc1cccnc1C1CCCC(c2ncccc2C)N1CC1CCNCC1.NC(=O)NO. The second-order valence-electron chi connectivity index (χ2n) is 8.74. The number of pyridine rings is 2. The number of primary amides is 1. The third-order valence-electron chi connectivity index (χ3n) is 6.52. The Morgan fingerprint density at radius 2 is 1.56 bits per heavy atom. The molecular formula is C24H36N6O2. The fourth-order valence-corrected chi connectivity index (χ4v) is 4.95. The van der Waals surface area contributed by atoms with Crippen LogP contribution in [0.4, 0.5) is 4.79 Å². The highest BCUT2D eigenvalue weighted by molar-refractivity contribution is 5.69. The number of hydroxylamine groups is 1. The zero-order chi connectivity index (χ0) is 22.9. The van der Waals surface area contributed by atoms with Gasteiger partial charge in [0.05, 0.1) is 23.5 Å². The lowest BCUT2D eigenvalue weighted by atomic mass is 9.86. The molecule has 5 N–H and O–H groups in total. The molecule has 2 aromatic rings. The number of carbonyl (C=O) groups is 1. The fourth-order valence-electron chi connectivity index (χ4n) is 4.95. The van der Waals surface area contributed by atoms with Gasteiger partial charge in [-0.15, -0.1) is 0 Å². The van der Waals surface area contributed by atoms with Gasteiger partial charge < -0.3 is 11.1 Å². The molecule has 2 fully saturated rings. The van der Waals surface area contributed by atoms with Gasteiger partial charge in [-0.25, -0.2) is 10.3 Å². The second kappa shape index (κ2) is 11.9. The standard InChI is InChI=1S/C23H32N4.CH4N2O2/c1-17-6-4-12-25-22(17)20-8-3-9-21(23-18(2)7-5-13-26-23)27(20)16-19-10-14-24-15-11-19;2-1(4)3-5/h4-7,12-13,19-21,24H,3,8-11,14-16H2,1-2H3;5H,(H3,2,3,4). The normalized spacial score (nSPS) is 22.0. The number of amides is 2. The smallest absolute Gasteiger partial charge is 0.335 e. The quantitative estimate of drug-likeness (QED) is 0.428. The molecular weight excluding hydrogens is 404 g/mol. The van der Waals surface area contributed by atoms with Crippen LogP contribution in [0.5, 0.6) is 0 Å². The first-order chi connectivity index (χ1) is 15.5. The van der Waals surface area contributed by atoms with Crippen molar-refractivity contribution in [3.05, 3.63) is 59.2 Å². The molecule has 8 heteroatoms. The molecule has 2 aliphatic heterocycles. The minimum atomic E-state index is -0.940. The van der Waals surface area contributed by atoms with Crippen molar-refractivity contribution in [3.63, 3.8) is 0 Å². The number of aryl methyl sites for hydroxylation is 2. The summed E-state index contributed by atoms with van der Waals surface area (Å²) in [6.07, 6.45) is 10.1. The van der Waals surface area contributed by atoms with Crippen molar-refractivity contribution in [3.8, 4) is 0 Å². The molecule has 0 spiro atoms. The summed E-state index contributed by atoms with van der Waals surface area (Å²) in [6, 6.07) is 8.40. The fraction of sp³-hybridized carbons (Fsp3) is 0.542.